The normalized spacial score (nSPS) is 10.5. The van der Waals surface area contributed by atoms with E-state index in [0.29, 0.717) is 15.7 Å². The lowest BCUT2D eigenvalue weighted by Crippen LogP contribution is -2.21. The van der Waals surface area contributed by atoms with Gasteiger partial charge in [-0.25, -0.2) is 9.37 Å². The van der Waals surface area contributed by atoms with E-state index in [-0.39, 0.29) is 24.4 Å². The fourth-order valence-corrected chi connectivity index (χ4v) is 3.66. The third-order valence-corrected chi connectivity index (χ3v) is 5.28. The van der Waals surface area contributed by atoms with Gasteiger partial charge in [0.25, 0.3) is 5.91 Å². The maximum Gasteiger partial charge on any atom is 0.306 e. The lowest BCUT2D eigenvalue weighted by atomic mass is 10.2. The van der Waals surface area contributed by atoms with Gasteiger partial charge in [0.1, 0.15) is 5.82 Å². The SMILES string of the molecule is O=C(COC(=O)CCC(=O)c1cccs1)Nc1nc(-c2ccc(F)cc2)cs1. The molecule has 0 saturated heterocycles. The number of rotatable bonds is 8. The highest BCUT2D eigenvalue weighted by Gasteiger charge is 2.13. The highest BCUT2D eigenvalue weighted by atomic mass is 32.1. The van der Waals surface area contributed by atoms with Crippen LogP contribution in [0.1, 0.15) is 22.5 Å². The van der Waals surface area contributed by atoms with Crippen molar-refractivity contribution in [3.05, 3.63) is 57.9 Å². The minimum absolute atomic E-state index is 0.0362. The Kier molecular flexibility index (Phi) is 6.62. The number of anilines is 1. The second kappa shape index (κ2) is 9.34. The third kappa shape index (κ3) is 5.54. The van der Waals surface area contributed by atoms with E-state index in [0.717, 1.165) is 5.56 Å². The summed E-state index contributed by atoms with van der Waals surface area (Å²) in [6.07, 6.45) is -0.0511. The first kappa shape index (κ1) is 19.8. The van der Waals surface area contributed by atoms with Gasteiger partial charge in [-0.05, 0) is 35.7 Å². The van der Waals surface area contributed by atoms with Crippen molar-refractivity contribution in [2.75, 3.05) is 11.9 Å². The van der Waals surface area contributed by atoms with E-state index < -0.39 is 18.5 Å². The number of thiazole rings is 1. The molecule has 1 amide bonds. The van der Waals surface area contributed by atoms with Crippen molar-refractivity contribution in [3.8, 4) is 11.3 Å². The molecule has 3 rings (SSSR count). The molecule has 9 heteroatoms. The summed E-state index contributed by atoms with van der Waals surface area (Å²) >= 11 is 2.52. The number of amides is 1. The van der Waals surface area contributed by atoms with E-state index in [2.05, 4.69) is 10.3 Å². The zero-order chi connectivity index (χ0) is 19.9. The summed E-state index contributed by atoms with van der Waals surface area (Å²) in [4.78, 5) is 40.2. The maximum absolute atomic E-state index is 13.0. The molecule has 2 aromatic heterocycles. The molecule has 0 aliphatic rings. The van der Waals surface area contributed by atoms with Crippen molar-refractivity contribution in [1.82, 2.24) is 4.98 Å². The van der Waals surface area contributed by atoms with Crippen LogP contribution in [0.2, 0.25) is 0 Å². The standard InChI is InChI=1S/C19H15FN2O4S2/c20-13-5-3-12(4-6-13)14-11-28-19(21-14)22-17(24)10-26-18(25)8-7-15(23)16-2-1-9-27-16/h1-6,9,11H,7-8,10H2,(H,21,22,24). The average molecular weight is 418 g/mol. The Balaban J connectivity index is 1.42. The number of thiophene rings is 1. The van der Waals surface area contributed by atoms with Gasteiger partial charge in [-0.15, -0.1) is 22.7 Å². The van der Waals surface area contributed by atoms with Gasteiger partial charge in [0.2, 0.25) is 0 Å². The van der Waals surface area contributed by atoms with E-state index in [9.17, 15) is 18.8 Å². The van der Waals surface area contributed by atoms with Crippen LogP contribution in [0.15, 0.2) is 47.2 Å². The predicted molar refractivity (Wildman–Crippen MR) is 105 cm³/mol. The number of hydrogen-bond donors (Lipinski definition) is 1. The smallest absolute Gasteiger partial charge is 0.306 e. The molecule has 144 valence electrons. The van der Waals surface area contributed by atoms with Crippen LogP contribution in [0.5, 0.6) is 0 Å². The molecule has 6 nitrogen and oxygen atoms in total. The van der Waals surface area contributed by atoms with E-state index in [1.165, 1.54) is 34.8 Å². The monoisotopic (exact) mass is 418 g/mol. The topological polar surface area (TPSA) is 85.4 Å². The Hall–Kier alpha value is -2.91. The van der Waals surface area contributed by atoms with E-state index in [1.807, 2.05) is 0 Å². The number of aromatic nitrogens is 1. The summed E-state index contributed by atoms with van der Waals surface area (Å²) in [5, 5.41) is 6.39. The first-order valence-corrected chi connectivity index (χ1v) is 10.0. The minimum atomic E-state index is -0.619. The second-order valence-corrected chi connectivity index (χ2v) is 7.46. The van der Waals surface area contributed by atoms with Crippen molar-refractivity contribution in [2.45, 2.75) is 12.8 Å². The van der Waals surface area contributed by atoms with Crippen LogP contribution in [0.3, 0.4) is 0 Å². The van der Waals surface area contributed by atoms with Crippen LogP contribution in [0.4, 0.5) is 9.52 Å². The summed E-state index contributed by atoms with van der Waals surface area (Å²) in [6.45, 7) is -0.461. The molecule has 0 saturated carbocycles. The van der Waals surface area contributed by atoms with Crippen LogP contribution in [-0.4, -0.2) is 29.3 Å². The van der Waals surface area contributed by atoms with E-state index in [1.54, 1.807) is 35.0 Å². The largest absolute Gasteiger partial charge is 0.456 e. The number of carbonyl (C=O) groups excluding carboxylic acids is 3. The van der Waals surface area contributed by atoms with Crippen LogP contribution in [0, 0.1) is 5.82 Å². The van der Waals surface area contributed by atoms with E-state index >= 15 is 0 Å². The Bertz CT molecular complexity index is 968. The third-order valence-electron chi connectivity index (χ3n) is 3.61. The van der Waals surface area contributed by atoms with Crippen molar-refractivity contribution >= 4 is 45.5 Å². The molecule has 2 heterocycles. The first-order valence-electron chi connectivity index (χ1n) is 8.25. The minimum Gasteiger partial charge on any atom is -0.456 e. The summed E-state index contributed by atoms with van der Waals surface area (Å²) in [7, 11) is 0. The van der Waals surface area contributed by atoms with Gasteiger partial charge in [-0.2, -0.15) is 0 Å². The zero-order valence-corrected chi connectivity index (χ0v) is 16.1. The zero-order valence-electron chi connectivity index (χ0n) is 14.5. The van der Waals surface area contributed by atoms with Gasteiger partial charge in [0.15, 0.2) is 17.5 Å². The summed E-state index contributed by atoms with van der Waals surface area (Å²) in [5.74, 6) is -1.62. The summed E-state index contributed by atoms with van der Waals surface area (Å²) in [5.41, 5.74) is 1.32. The van der Waals surface area contributed by atoms with Crippen molar-refractivity contribution in [2.24, 2.45) is 0 Å². The molecule has 1 aromatic carbocycles. The number of nitrogens with one attached hydrogen (secondary N) is 1. The fraction of sp³-hybridized carbons (Fsp3) is 0.158. The molecule has 28 heavy (non-hydrogen) atoms. The summed E-state index contributed by atoms with van der Waals surface area (Å²) < 4.78 is 17.8. The molecular formula is C19H15FN2O4S2. The van der Waals surface area contributed by atoms with E-state index in [4.69, 9.17) is 4.74 Å². The van der Waals surface area contributed by atoms with Gasteiger partial charge in [0.05, 0.1) is 17.0 Å². The highest BCUT2D eigenvalue weighted by molar-refractivity contribution is 7.14. The molecule has 0 spiro atoms. The average Bonchev–Trinajstić information content (AvgIpc) is 3.37. The maximum atomic E-state index is 13.0. The first-order chi connectivity index (χ1) is 13.5. The Morgan fingerprint density at radius 1 is 1.07 bits per heavy atom. The number of benzene rings is 1. The fourth-order valence-electron chi connectivity index (χ4n) is 2.23. The predicted octanol–water partition coefficient (Wildman–Crippen LogP) is 4.16. The Morgan fingerprint density at radius 2 is 1.86 bits per heavy atom. The van der Waals surface area contributed by atoms with Crippen molar-refractivity contribution in [1.29, 1.82) is 0 Å². The quantitative estimate of drug-likeness (QED) is 0.439. The lowest BCUT2D eigenvalue weighted by molar-refractivity contribution is -0.147. The number of halogens is 1. The molecule has 3 aromatic rings. The van der Waals surface area contributed by atoms with Crippen molar-refractivity contribution in [3.63, 3.8) is 0 Å². The molecule has 0 fully saturated rings. The summed E-state index contributed by atoms with van der Waals surface area (Å²) in [6, 6.07) is 9.30. The number of hydrogen-bond acceptors (Lipinski definition) is 7. The number of ketones is 1. The lowest BCUT2D eigenvalue weighted by Gasteiger charge is -2.04. The number of esters is 1. The molecule has 0 bridgehead atoms. The molecule has 1 N–H and O–H groups in total. The molecule has 0 unspecified atom stereocenters. The molecule has 0 aliphatic carbocycles. The van der Waals surface area contributed by atoms with Gasteiger partial charge in [-0.3, -0.25) is 19.7 Å². The Labute approximate surface area is 168 Å². The molecule has 0 atom stereocenters. The number of carbonyl (C=O) groups is 3. The molecule has 0 radical (unpaired) electrons. The van der Waals surface area contributed by atoms with Crippen LogP contribution in [-0.2, 0) is 14.3 Å². The molecule has 0 aliphatic heterocycles. The molecular weight excluding hydrogens is 403 g/mol. The van der Waals surface area contributed by atoms with Crippen LogP contribution < -0.4 is 5.32 Å². The van der Waals surface area contributed by atoms with Gasteiger partial charge < -0.3 is 4.74 Å². The number of nitrogens with zero attached hydrogens (tertiary/aromatic N) is 1. The van der Waals surface area contributed by atoms with Crippen LogP contribution in [0.25, 0.3) is 11.3 Å². The second-order valence-electron chi connectivity index (χ2n) is 5.65. The number of Topliss-reactive ketones (excluding diaryl/α,β-unsaturated/α-hetero) is 1. The highest BCUT2D eigenvalue weighted by Crippen LogP contribution is 2.25. The van der Waals surface area contributed by atoms with Crippen LogP contribution >= 0.6 is 22.7 Å². The van der Waals surface area contributed by atoms with Gasteiger partial charge in [-0.1, -0.05) is 6.07 Å². The van der Waals surface area contributed by atoms with Crippen molar-refractivity contribution < 1.29 is 23.5 Å². The number of ether oxygens (including phenoxy) is 1. The van der Waals surface area contributed by atoms with Gasteiger partial charge >= 0.3 is 5.97 Å². The van der Waals surface area contributed by atoms with Gasteiger partial charge in [0, 0.05) is 17.4 Å². The Morgan fingerprint density at radius 3 is 2.57 bits per heavy atom.